The lowest BCUT2D eigenvalue weighted by atomic mass is 10.2. The lowest BCUT2D eigenvalue weighted by molar-refractivity contribution is -0.115. The van der Waals surface area contributed by atoms with Crippen molar-refractivity contribution in [2.24, 2.45) is 4.99 Å². The van der Waals surface area contributed by atoms with Crippen molar-refractivity contribution >= 4 is 81.0 Å². The van der Waals surface area contributed by atoms with E-state index in [0.717, 1.165) is 0 Å². The fourth-order valence-electron chi connectivity index (χ4n) is 1.92. The number of rotatable bonds is 2. The molecule has 1 amide bonds. The minimum Gasteiger partial charge on any atom is -0.300 e. The molecule has 0 unspecified atom stereocenters. The Morgan fingerprint density at radius 1 is 0.958 bits per heavy atom. The minimum absolute atomic E-state index is 0.255. The number of amides is 1. The molecule has 8 heteroatoms. The van der Waals surface area contributed by atoms with Crippen LogP contribution in [-0.2, 0) is 4.79 Å². The maximum atomic E-state index is 12.1. The quantitative estimate of drug-likeness (QED) is 0.591. The van der Waals surface area contributed by atoms with Gasteiger partial charge in [-0.1, -0.05) is 52.5 Å². The maximum Gasteiger partial charge on any atom is 0.264 e. The molecule has 0 radical (unpaired) electrons. The number of nitrogens with one attached hydrogen (secondary N) is 1. The van der Waals surface area contributed by atoms with Crippen LogP contribution in [0.4, 0.5) is 5.69 Å². The summed E-state index contributed by atoms with van der Waals surface area (Å²) in [5.41, 5.74) is 1.22. The van der Waals surface area contributed by atoms with Crippen LogP contribution < -0.4 is 5.32 Å². The molecule has 2 aromatic rings. The number of hydrogen-bond acceptors (Lipinski definition) is 3. The maximum absolute atomic E-state index is 12.1. The van der Waals surface area contributed by atoms with Crippen molar-refractivity contribution in [3.05, 3.63) is 67.0 Å². The third-order valence-electron chi connectivity index (χ3n) is 3.03. The van der Waals surface area contributed by atoms with Crippen LogP contribution in [-0.4, -0.2) is 11.1 Å². The second-order valence-corrected chi connectivity index (χ2v) is 7.46. The average Bonchev–Trinajstić information content (AvgIpc) is 2.85. The highest BCUT2D eigenvalue weighted by Gasteiger charge is 2.24. The van der Waals surface area contributed by atoms with E-state index >= 15 is 0 Å². The van der Waals surface area contributed by atoms with E-state index in [9.17, 15) is 4.79 Å². The number of carbonyl (C=O) groups excluding carboxylic acids is 1. The lowest BCUT2D eigenvalue weighted by Crippen LogP contribution is -2.19. The Labute approximate surface area is 162 Å². The van der Waals surface area contributed by atoms with Crippen LogP contribution in [0.15, 0.2) is 46.3 Å². The van der Waals surface area contributed by atoms with Crippen molar-refractivity contribution in [2.75, 3.05) is 0 Å². The fourth-order valence-corrected chi connectivity index (χ4v) is 3.66. The molecule has 1 saturated heterocycles. The van der Waals surface area contributed by atoms with Crippen LogP contribution in [0.3, 0.4) is 0 Å². The second-order valence-electron chi connectivity index (χ2n) is 4.74. The van der Waals surface area contributed by atoms with Crippen LogP contribution in [0.5, 0.6) is 0 Å². The van der Waals surface area contributed by atoms with Gasteiger partial charge in [0.25, 0.3) is 5.91 Å². The van der Waals surface area contributed by atoms with Gasteiger partial charge >= 0.3 is 0 Å². The van der Waals surface area contributed by atoms with Gasteiger partial charge in [-0.2, -0.15) is 0 Å². The first-order chi connectivity index (χ1) is 11.4. The number of thioether (sulfide) groups is 1. The number of amidine groups is 1. The van der Waals surface area contributed by atoms with Crippen molar-refractivity contribution in [1.82, 2.24) is 5.32 Å². The molecule has 0 aliphatic carbocycles. The van der Waals surface area contributed by atoms with Crippen molar-refractivity contribution in [3.63, 3.8) is 0 Å². The molecule has 3 rings (SSSR count). The van der Waals surface area contributed by atoms with Crippen LogP contribution in [0.1, 0.15) is 5.56 Å². The molecule has 1 N–H and O–H groups in total. The number of carbonyl (C=O) groups is 1. The van der Waals surface area contributed by atoms with Crippen LogP contribution in [0.2, 0.25) is 20.1 Å². The van der Waals surface area contributed by atoms with E-state index in [-0.39, 0.29) is 5.91 Å². The summed E-state index contributed by atoms with van der Waals surface area (Å²) in [6.45, 7) is 0. The Bertz CT molecular complexity index is 896. The topological polar surface area (TPSA) is 41.5 Å². The van der Waals surface area contributed by atoms with Gasteiger partial charge in [0, 0.05) is 15.1 Å². The van der Waals surface area contributed by atoms with Gasteiger partial charge in [0.1, 0.15) is 0 Å². The van der Waals surface area contributed by atoms with Crippen LogP contribution in [0.25, 0.3) is 6.08 Å². The van der Waals surface area contributed by atoms with Gasteiger partial charge < -0.3 is 5.32 Å². The standard InChI is InChI=1S/C16H8Cl4N2OS/c17-9-2-1-8(11(19)6-9)5-14-15(23)22-16(24-14)21-13-4-3-10(18)7-12(13)20/h1-7H,(H,21,22,23). The number of benzene rings is 2. The zero-order valence-corrected chi connectivity index (χ0v) is 15.7. The van der Waals surface area contributed by atoms with Gasteiger partial charge in [-0.15, -0.1) is 0 Å². The van der Waals surface area contributed by atoms with Gasteiger partial charge in [-0.05, 0) is 53.7 Å². The summed E-state index contributed by atoms with van der Waals surface area (Å²) < 4.78 is 0. The Hall–Kier alpha value is -1.17. The minimum atomic E-state index is -0.255. The predicted octanol–water partition coefficient (Wildman–Crippen LogP) is 6.19. The van der Waals surface area contributed by atoms with E-state index in [1.165, 1.54) is 11.8 Å². The Kier molecular flexibility index (Phi) is 5.42. The van der Waals surface area contributed by atoms with E-state index in [2.05, 4.69) is 10.3 Å². The number of hydrogen-bond donors (Lipinski definition) is 1. The van der Waals surface area contributed by atoms with E-state index < -0.39 is 0 Å². The summed E-state index contributed by atoms with van der Waals surface area (Å²) in [7, 11) is 0. The summed E-state index contributed by atoms with van der Waals surface area (Å²) in [4.78, 5) is 16.9. The van der Waals surface area contributed by atoms with Crippen LogP contribution >= 0.6 is 58.2 Å². The molecule has 0 aromatic heterocycles. The third-order valence-corrected chi connectivity index (χ3v) is 5.04. The van der Waals surface area contributed by atoms with Gasteiger partial charge in [-0.3, -0.25) is 4.79 Å². The lowest BCUT2D eigenvalue weighted by Gasteiger charge is -2.00. The molecule has 1 aliphatic rings. The molecule has 1 heterocycles. The summed E-state index contributed by atoms with van der Waals surface area (Å²) >= 11 is 25.1. The molecule has 24 heavy (non-hydrogen) atoms. The molecule has 0 bridgehead atoms. The highest BCUT2D eigenvalue weighted by molar-refractivity contribution is 8.18. The molecule has 1 aliphatic heterocycles. The first kappa shape index (κ1) is 17.6. The molecule has 0 saturated carbocycles. The highest BCUT2D eigenvalue weighted by atomic mass is 35.5. The van der Waals surface area contributed by atoms with Crippen molar-refractivity contribution in [1.29, 1.82) is 0 Å². The molecule has 0 atom stereocenters. The number of aliphatic imine (C=N–C) groups is 1. The first-order valence-electron chi connectivity index (χ1n) is 6.62. The smallest absolute Gasteiger partial charge is 0.264 e. The zero-order chi connectivity index (χ0) is 17.3. The summed E-state index contributed by atoms with van der Waals surface area (Å²) in [6, 6.07) is 10.0. The van der Waals surface area contributed by atoms with Crippen molar-refractivity contribution < 1.29 is 4.79 Å². The van der Waals surface area contributed by atoms with E-state index in [1.807, 2.05) is 0 Å². The van der Waals surface area contributed by atoms with E-state index in [4.69, 9.17) is 46.4 Å². The largest absolute Gasteiger partial charge is 0.300 e. The number of nitrogens with zero attached hydrogens (tertiary/aromatic N) is 1. The van der Waals surface area contributed by atoms with Crippen molar-refractivity contribution in [3.8, 4) is 0 Å². The molecule has 3 nitrogen and oxygen atoms in total. The average molecular weight is 418 g/mol. The zero-order valence-electron chi connectivity index (χ0n) is 11.8. The molecule has 1 fully saturated rings. The summed E-state index contributed by atoms with van der Waals surface area (Å²) in [6.07, 6.45) is 1.69. The third kappa shape index (κ3) is 4.08. The predicted molar refractivity (Wildman–Crippen MR) is 104 cm³/mol. The summed E-state index contributed by atoms with van der Waals surface area (Å²) in [5, 5.41) is 5.05. The molecule has 2 aromatic carbocycles. The second kappa shape index (κ2) is 7.38. The fraction of sp³-hybridized carbons (Fsp3) is 0. The van der Waals surface area contributed by atoms with Gasteiger partial charge in [-0.25, -0.2) is 4.99 Å². The Morgan fingerprint density at radius 3 is 2.29 bits per heavy atom. The summed E-state index contributed by atoms with van der Waals surface area (Å²) in [5.74, 6) is -0.255. The monoisotopic (exact) mass is 416 g/mol. The SMILES string of the molecule is O=C1NC(=Nc2ccc(Cl)cc2Cl)SC1=Cc1ccc(Cl)cc1Cl. The molecular formula is C16H8Cl4N2OS. The van der Waals surface area contributed by atoms with E-state index in [1.54, 1.807) is 42.5 Å². The highest BCUT2D eigenvalue weighted by Crippen LogP contribution is 2.33. The van der Waals surface area contributed by atoms with Gasteiger partial charge in [0.2, 0.25) is 0 Å². The first-order valence-corrected chi connectivity index (χ1v) is 8.95. The van der Waals surface area contributed by atoms with Crippen LogP contribution in [0, 0.1) is 0 Å². The van der Waals surface area contributed by atoms with E-state index in [0.29, 0.717) is 41.4 Å². The van der Waals surface area contributed by atoms with Crippen molar-refractivity contribution in [2.45, 2.75) is 0 Å². The normalized spacial score (nSPS) is 17.6. The molecular weight excluding hydrogens is 410 g/mol. The molecule has 0 spiro atoms. The number of halogens is 4. The molecule has 122 valence electrons. The Morgan fingerprint density at radius 2 is 1.62 bits per heavy atom. The van der Waals surface area contributed by atoms with Gasteiger partial charge in [0.05, 0.1) is 15.6 Å². The Balaban J connectivity index is 1.88. The van der Waals surface area contributed by atoms with Gasteiger partial charge in [0.15, 0.2) is 5.17 Å².